The van der Waals surface area contributed by atoms with E-state index in [4.69, 9.17) is 12.2 Å². The summed E-state index contributed by atoms with van der Waals surface area (Å²) in [6.07, 6.45) is 11.0. The summed E-state index contributed by atoms with van der Waals surface area (Å²) in [5.74, 6) is -0.0905. The highest BCUT2D eigenvalue weighted by Crippen LogP contribution is 2.19. The average Bonchev–Trinajstić information content (AvgIpc) is 3.12. The number of carbonyl (C=O) groups is 1. The number of aromatic nitrogens is 1. The van der Waals surface area contributed by atoms with Gasteiger partial charge in [-0.05, 0) is 62.9 Å². The first kappa shape index (κ1) is 16.9. The predicted octanol–water partition coefficient (Wildman–Crippen LogP) is 2.91. The standard InChI is InChI=1S/C18H24N4OS/c23-17(16-9-4-5-11-19-16)21-13-6-14-22(21)18(24)20-12-10-15-7-2-1-3-8-15/h4-5,7,9,11H,1-3,6,8,10,12-14H2,(H,20,24). The van der Waals surface area contributed by atoms with Crippen molar-refractivity contribution in [2.45, 2.75) is 38.5 Å². The number of allylic oxidation sites excluding steroid dienone is 1. The third kappa shape index (κ3) is 4.12. The fourth-order valence-electron chi connectivity index (χ4n) is 3.21. The van der Waals surface area contributed by atoms with Crippen LogP contribution in [0.25, 0.3) is 0 Å². The van der Waals surface area contributed by atoms with Gasteiger partial charge in [-0.1, -0.05) is 17.7 Å². The number of hydrogen-bond donors (Lipinski definition) is 1. The molecule has 5 nitrogen and oxygen atoms in total. The van der Waals surface area contributed by atoms with Crippen LogP contribution in [0.3, 0.4) is 0 Å². The lowest BCUT2D eigenvalue weighted by atomic mass is 9.97. The van der Waals surface area contributed by atoms with Crippen LogP contribution < -0.4 is 5.32 Å². The molecule has 2 heterocycles. The highest BCUT2D eigenvalue weighted by atomic mass is 32.1. The minimum atomic E-state index is -0.0905. The van der Waals surface area contributed by atoms with Crippen LogP contribution in [0.4, 0.5) is 0 Å². The van der Waals surface area contributed by atoms with Gasteiger partial charge >= 0.3 is 0 Å². The van der Waals surface area contributed by atoms with E-state index in [0.717, 1.165) is 25.9 Å². The van der Waals surface area contributed by atoms with Crippen molar-refractivity contribution in [3.63, 3.8) is 0 Å². The molecule has 1 fully saturated rings. The summed E-state index contributed by atoms with van der Waals surface area (Å²) in [7, 11) is 0. The molecule has 6 heteroatoms. The Morgan fingerprint density at radius 1 is 1.21 bits per heavy atom. The Kier molecular flexibility index (Phi) is 5.80. The Hall–Kier alpha value is -1.95. The van der Waals surface area contributed by atoms with Crippen molar-refractivity contribution in [1.82, 2.24) is 20.3 Å². The number of rotatable bonds is 4. The molecular weight excluding hydrogens is 320 g/mol. The molecule has 1 aromatic heterocycles. The molecule has 0 unspecified atom stereocenters. The zero-order valence-electron chi connectivity index (χ0n) is 13.9. The SMILES string of the molecule is O=C(c1ccccn1)N1CCCN1C(=S)NCCC1=CCCCC1. The second-order valence-electron chi connectivity index (χ2n) is 6.21. The summed E-state index contributed by atoms with van der Waals surface area (Å²) < 4.78 is 0. The Labute approximate surface area is 148 Å². The van der Waals surface area contributed by atoms with E-state index in [1.807, 2.05) is 17.1 Å². The molecule has 0 aromatic carbocycles. The van der Waals surface area contributed by atoms with Gasteiger partial charge in [0.1, 0.15) is 5.69 Å². The average molecular weight is 344 g/mol. The summed E-state index contributed by atoms with van der Waals surface area (Å²) in [4.78, 5) is 16.8. The van der Waals surface area contributed by atoms with E-state index >= 15 is 0 Å². The van der Waals surface area contributed by atoms with Gasteiger partial charge in [0, 0.05) is 25.8 Å². The van der Waals surface area contributed by atoms with Gasteiger partial charge in [-0.25, -0.2) is 5.01 Å². The summed E-state index contributed by atoms with van der Waals surface area (Å²) in [5, 5.41) is 7.53. The van der Waals surface area contributed by atoms with Crippen LogP contribution in [0.1, 0.15) is 49.0 Å². The number of carbonyl (C=O) groups excluding carboxylic acids is 1. The lowest BCUT2D eigenvalue weighted by Gasteiger charge is -2.30. The van der Waals surface area contributed by atoms with Gasteiger partial charge < -0.3 is 5.32 Å². The van der Waals surface area contributed by atoms with Gasteiger partial charge in [-0.15, -0.1) is 0 Å². The Morgan fingerprint density at radius 3 is 2.83 bits per heavy atom. The van der Waals surface area contributed by atoms with Crippen molar-refractivity contribution in [2.24, 2.45) is 0 Å². The quantitative estimate of drug-likeness (QED) is 0.672. The highest BCUT2D eigenvalue weighted by molar-refractivity contribution is 7.80. The van der Waals surface area contributed by atoms with Crippen molar-refractivity contribution < 1.29 is 4.79 Å². The first-order chi connectivity index (χ1) is 11.8. The number of hydrazine groups is 1. The second-order valence-corrected chi connectivity index (χ2v) is 6.60. The van der Waals surface area contributed by atoms with E-state index in [9.17, 15) is 4.79 Å². The molecule has 0 bridgehead atoms. The van der Waals surface area contributed by atoms with Gasteiger partial charge in [0.05, 0.1) is 0 Å². The molecule has 1 aliphatic heterocycles. The van der Waals surface area contributed by atoms with Crippen molar-refractivity contribution in [1.29, 1.82) is 0 Å². The number of hydrogen-bond acceptors (Lipinski definition) is 3. The van der Waals surface area contributed by atoms with Crippen molar-refractivity contribution >= 4 is 23.2 Å². The molecule has 1 saturated heterocycles. The Bertz CT molecular complexity index is 617. The van der Waals surface area contributed by atoms with Gasteiger partial charge in [0.2, 0.25) is 0 Å². The van der Waals surface area contributed by atoms with Crippen LogP contribution in [0.2, 0.25) is 0 Å². The van der Waals surface area contributed by atoms with E-state index in [2.05, 4.69) is 16.4 Å². The Morgan fingerprint density at radius 2 is 2.08 bits per heavy atom. The van der Waals surface area contributed by atoms with E-state index < -0.39 is 0 Å². The molecule has 0 saturated carbocycles. The third-order valence-electron chi connectivity index (χ3n) is 4.49. The molecule has 128 valence electrons. The zero-order chi connectivity index (χ0) is 16.8. The van der Waals surface area contributed by atoms with Crippen molar-refractivity contribution in [3.8, 4) is 0 Å². The highest BCUT2D eigenvalue weighted by Gasteiger charge is 2.29. The molecule has 0 radical (unpaired) electrons. The zero-order valence-corrected chi connectivity index (χ0v) is 14.7. The molecule has 1 amide bonds. The number of thiocarbonyl (C=S) groups is 1. The minimum Gasteiger partial charge on any atom is -0.361 e. The summed E-state index contributed by atoms with van der Waals surface area (Å²) in [5.41, 5.74) is 1.99. The van der Waals surface area contributed by atoms with Crippen LogP contribution in [-0.2, 0) is 0 Å². The number of amides is 1. The molecule has 1 aliphatic carbocycles. The predicted molar refractivity (Wildman–Crippen MR) is 98.4 cm³/mol. The Balaban J connectivity index is 1.53. The largest absolute Gasteiger partial charge is 0.361 e. The topological polar surface area (TPSA) is 48.5 Å². The summed E-state index contributed by atoms with van der Waals surface area (Å²) >= 11 is 5.51. The van der Waals surface area contributed by atoms with Gasteiger partial charge in [-0.2, -0.15) is 0 Å². The number of nitrogens with one attached hydrogen (secondary N) is 1. The molecule has 1 N–H and O–H groups in total. The normalized spacial score (nSPS) is 17.6. The molecule has 3 rings (SSSR count). The van der Waals surface area contributed by atoms with E-state index in [-0.39, 0.29) is 5.91 Å². The van der Waals surface area contributed by atoms with Crippen LogP contribution in [0, 0.1) is 0 Å². The molecular formula is C18H24N4OS. The van der Waals surface area contributed by atoms with Crippen LogP contribution >= 0.6 is 12.2 Å². The smallest absolute Gasteiger partial charge is 0.291 e. The summed E-state index contributed by atoms with van der Waals surface area (Å²) in [6.45, 7) is 2.28. The monoisotopic (exact) mass is 344 g/mol. The maximum absolute atomic E-state index is 12.6. The fraction of sp³-hybridized carbons (Fsp3) is 0.500. The lowest BCUT2D eigenvalue weighted by molar-refractivity contribution is 0.0485. The first-order valence-electron chi connectivity index (χ1n) is 8.72. The van der Waals surface area contributed by atoms with Gasteiger partial charge in [0.15, 0.2) is 5.11 Å². The third-order valence-corrected chi connectivity index (χ3v) is 4.85. The maximum atomic E-state index is 12.6. The van der Waals surface area contributed by atoms with Crippen molar-refractivity contribution in [3.05, 3.63) is 41.7 Å². The van der Waals surface area contributed by atoms with Crippen molar-refractivity contribution in [2.75, 3.05) is 19.6 Å². The first-order valence-corrected chi connectivity index (χ1v) is 9.12. The summed E-state index contributed by atoms with van der Waals surface area (Å²) in [6, 6.07) is 5.38. The molecule has 0 spiro atoms. The molecule has 24 heavy (non-hydrogen) atoms. The maximum Gasteiger partial charge on any atom is 0.291 e. The second kappa shape index (κ2) is 8.24. The van der Waals surface area contributed by atoms with Gasteiger partial charge in [0.25, 0.3) is 5.91 Å². The van der Waals surface area contributed by atoms with Crippen LogP contribution in [-0.4, -0.2) is 45.7 Å². The molecule has 2 aliphatic rings. The number of pyridine rings is 1. The molecule has 0 atom stereocenters. The molecule has 1 aromatic rings. The fourth-order valence-corrected chi connectivity index (χ4v) is 3.50. The van der Waals surface area contributed by atoms with Gasteiger partial charge in [-0.3, -0.25) is 14.8 Å². The van der Waals surface area contributed by atoms with E-state index in [0.29, 0.717) is 17.4 Å². The number of nitrogens with zero attached hydrogens (tertiary/aromatic N) is 3. The van der Waals surface area contributed by atoms with Crippen LogP contribution in [0.5, 0.6) is 0 Å². The van der Waals surface area contributed by atoms with Crippen LogP contribution in [0.15, 0.2) is 36.0 Å². The lowest BCUT2D eigenvalue weighted by Crippen LogP contribution is -2.49. The minimum absolute atomic E-state index is 0.0905. The van der Waals surface area contributed by atoms with E-state index in [1.54, 1.807) is 17.3 Å². The van der Waals surface area contributed by atoms with E-state index in [1.165, 1.54) is 31.3 Å².